The van der Waals surface area contributed by atoms with Gasteiger partial charge in [-0.15, -0.1) is 11.3 Å². The number of amides is 1. The van der Waals surface area contributed by atoms with Crippen molar-refractivity contribution < 1.29 is 14.3 Å². The first-order chi connectivity index (χ1) is 13.1. The molecule has 3 rings (SSSR count). The van der Waals surface area contributed by atoms with Crippen LogP contribution in [0.1, 0.15) is 53.7 Å². The summed E-state index contributed by atoms with van der Waals surface area (Å²) in [5.74, 6) is -0.797. The SMILES string of the molecule is C[C@@H](CC(=O)OCC(=O)Nc1sc2c(c1C#N)CCCC2)c1ccccc1. The van der Waals surface area contributed by atoms with Gasteiger partial charge in [-0.2, -0.15) is 5.26 Å². The van der Waals surface area contributed by atoms with E-state index in [4.69, 9.17) is 4.74 Å². The number of nitriles is 1. The zero-order chi connectivity index (χ0) is 19.2. The van der Waals surface area contributed by atoms with E-state index in [0.717, 1.165) is 36.8 Å². The van der Waals surface area contributed by atoms with Gasteiger partial charge in [-0.3, -0.25) is 9.59 Å². The molecule has 1 aromatic carbocycles. The van der Waals surface area contributed by atoms with Crippen molar-refractivity contribution in [3.63, 3.8) is 0 Å². The fourth-order valence-corrected chi connectivity index (χ4v) is 4.55. The Labute approximate surface area is 163 Å². The van der Waals surface area contributed by atoms with E-state index in [1.165, 1.54) is 16.2 Å². The summed E-state index contributed by atoms with van der Waals surface area (Å²) in [6.07, 6.45) is 4.24. The Morgan fingerprint density at radius 1 is 1.26 bits per heavy atom. The Morgan fingerprint density at radius 2 is 2.00 bits per heavy atom. The number of nitrogens with zero attached hydrogens (tertiary/aromatic N) is 1. The first-order valence-electron chi connectivity index (χ1n) is 9.13. The normalized spacial score (nSPS) is 13.9. The Kier molecular flexibility index (Phi) is 6.25. The molecule has 0 unspecified atom stereocenters. The van der Waals surface area contributed by atoms with E-state index in [1.54, 1.807) is 0 Å². The molecule has 0 radical (unpaired) electrons. The number of carbonyl (C=O) groups is 2. The van der Waals surface area contributed by atoms with Gasteiger partial charge in [-0.25, -0.2) is 0 Å². The van der Waals surface area contributed by atoms with Crippen LogP contribution in [0.15, 0.2) is 30.3 Å². The lowest BCUT2D eigenvalue weighted by atomic mass is 9.96. The van der Waals surface area contributed by atoms with E-state index in [0.29, 0.717) is 10.6 Å². The second-order valence-corrected chi connectivity index (χ2v) is 7.86. The van der Waals surface area contributed by atoms with E-state index >= 15 is 0 Å². The highest BCUT2D eigenvalue weighted by Gasteiger charge is 2.22. The summed E-state index contributed by atoms with van der Waals surface area (Å²) < 4.78 is 5.11. The summed E-state index contributed by atoms with van der Waals surface area (Å²) in [6.45, 7) is 1.61. The third-order valence-corrected chi connectivity index (χ3v) is 5.95. The predicted octanol–water partition coefficient (Wildman–Crippen LogP) is 4.17. The fraction of sp³-hybridized carbons (Fsp3) is 0.381. The van der Waals surface area contributed by atoms with Crippen LogP contribution in [0.4, 0.5) is 5.00 Å². The minimum atomic E-state index is -0.411. The molecule has 1 aliphatic carbocycles. The lowest BCUT2D eigenvalue weighted by Gasteiger charge is -2.11. The minimum absolute atomic E-state index is 0.0240. The molecule has 2 aromatic rings. The summed E-state index contributed by atoms with van der Waals surface area (Å²) in [5.41, 5.74) is 2.69. The largest absolute Gasteiger partial charge is 0.456 e. The van der Waals surface area contributed by atoms with Crippen molar-refractivity contribution in [2.45, 2.75) is 44.9 Å². The zero-order valence-corrected chi connectivity index (χ0v) is 16.1. The summed E-state index contributed by atoms with van der Waals surface area (Å²) in [5, 5.41) is 12.7. The third-order valence-electron chi connectivity index (χ3n) is 4.74. The van der Waals surface area contributed by atoms with Crippen LogP contribution < -0.4 is 5.32 Å². The molecule has 0 saturated carbocycles. The quantitative estimate of drug-likeness (QED) is 0.760. The number of aryl methyl sites for hydroxylation is 1. The number of carbonyl (C=O) groups excluding carboxylic acids is 2. The Morgan fingerprint density at radius 3 is 2.74 bits per heavy atom. The van der Waals surface area contributed by atoms with E-state index < -0.39 is 11.9 Å². The molecule has 1 heterocycles. The highest BCUT2D eigenvalue weighted by Crippen LogP contribution is 2.37. The second kappa shape index (κ2) is 8.83. The number of thiophene rings is 1. The second-order valence-electron chi connectivity index (χ2n) is 6.75. The Balaban J connectivity index is 1.52. The number of hydrogen-bond donors (Lipinski definition) is 1. The van der Waals surface area contributed by atoms with Crippen molar-refractivity contribution in [1.29, 1.82) is 5.26 Å². The van der Waals surface area contributed by atoms with E-state index in [-0.39, 0.29) is 18.9 Å². The topological polar surface area (TPSA) is 79.2 Å². The molecular weight excluding hydrogens is 360 g/mol. The molecule has 6 heteroatoms. The van der Waals surface area contributed by atoms with Crippen LogP contribution in [-0.4, -0.2) is 18.5 Å². The van der Waals surface area contributed by atoms with Crippen LogP contribution in [0.3, 0.4) is 0 Å². The zero-order valence-electron chi connectivity index (χ0n) is 15.3. The highest BCUT2D eigenvalue weighted by atomic mass is 32.1. The van der Waals surface area contributed by atoms with Gasteiger partial charge in [0, 0.05) is 4.88 Å². The van der Waals surface area contributed by atoms with Gasteiger partial charge in [-0.1, -0.05) is 37.3 Å². The van der Waals surface area contributed by atoms with E-state index in [2.05, 4.69) is 11.4 Å². The van der Waals surface area contributed by atoms with Crippen molar-refractivity contribution >= 4 is 28.2 Å². The van der Waals surface area contributed by atoms with E-state index in [1.807, 2.05) is 37.3 Å². The van der Waals surface area contributed by atoms with E-state index in [9.17, 15) is 14.9 Å². The van der Waals surface area contributed by atoms with Gasteiger partial charge in [-0.05, 0) is 42.7 Å². The highest BCUT2D eigenvalue weighted by molar-refractivity contribution is 7.16. The van der Waals surface area contributed by atoms with Gasteiger partial charge >= 0.3 is 5.97 Å². The smallest absolute Gasteiger partial charge is 0.306 e. The summed E-state index contributed by atoms with van der Waals surface area (Å²) >= 11 is 1.46. The molecule has 0 aliphatic heterocycles. The number of fused-ring (bicyclic) bond motifs is 1. The molecule has 1 aromatic heterocycles. The maximum absolute atomic E-state index is 12.2. The van der Waals surface area contributed by atoms with Gasteiger partial charge in [0.15, 0.2) is 6.61 Å². The number of esters is 1. The Bertz CT molecular complexity index is 868. The first-order valence-corrected chi connectivity index (χ1v) is 9.95. The molecule has 1 amide bonds. The first kappa shape index (κ1) is 19.1. The maximum Gasteiger partial charge on any atom is 0.306 e. The lowest BCUT2D eigenvalue weighted by molar-refractivity contribution is -0.147. The van der Waals surface area contributed by atoms with Crippen LogP contribution >= 0.6 is 11.3 Å². The molecule has 27 heavy (non-hydrogen) atoms. The number of rotatable bonds is 6. The van der Waals surface area contributed by atoms with Gasteiger partial charge in [0.1, 0.15) is 11.1 Å². The van der Waals surface area contributed by atoms with Crippen molar-refractivity contribution in [2.24, 2.45) is 0 Å². The molecule has 1 aliphatic rings. The maximum atomic E-state index is 12.2. The van der Waals surface area contributed by atoms with Crippen LogP contribution in [0.2, 0.25) is 0 Å². The minimum Gasteiger partial charge on any atom is -0.456 e. The monoisotopic (exact) mass is 382 g/mol. The van der Waals surface area contributed by atoms with Crippen molar-refractivity contribution in [3.05, 3.63) is 51.9 Å². The number of hydrogen-bond acceptors (Lipinski definition) is 5. The summed E-state index contributed by atoms with van der Waals surface area (Å²) in [6, 6.07) is 11.9. The lowest BCUT2D eigenvalue weighted by Crippen LogP contribution is -2.21. The molecule has 0 bridgehead atoms. The van der Waals surface area contributed by atoms with Gasteiger partial charge in [0.25, 0.3) is 5.91 Å². The number of benzene rings is 1. The van der Waals surface area contributed by atoms with Crippen molar-refractivity contribution in [2.75, 3.05) is 11.9 Å². The molecule has 0 spiro atoms. The standard InChI is InChI=1S/C21H22N2O3S/c1-14(15-7-3-2-4-8-15)11-20(25)26-13-19(24)23-21-17(12-22)16-9-5-6-10-18(16)27-21/h2-4,7-8,14H,5-6,9-11,13H2,1H3,(H,23,24)/t14-/m0/s1. The van der Waals surface area contributed by atoms with Crippen LogP contribution in [0.25, 0.3) is 0 Å². The number of ether oxygens (including phenoxy) is 1. The average molecular weight is 382 g/mol. The van der Waals surface area contributed by atoms with Crippen molar-refractivity contribution in [1.82, 2.24) is 0 Å². The molecule has 1 atom stereocenters. The third kappa shape index (κ3) is 4.75. The van der Waals surface area contributed by atoms with Crippen LogP contribution in [0.5, 0.6) is 0 Å². The summed E-state index contributed by atoms with van der Waals surface area (Å²) in [4.78, 5) is 25.4. The molecule has 1 N–H and O–H groups in total. The van der Waals surface area contributed by atoms with Crippen LogP contribution in [-0.2, 0) is 27.2 Å². The summed E-state index contributed by atoms with van der Waals surface area (Å²) in [7, 11) is 0. The fourth-order valence-electron chi connectivity index (χ4n) is 3.29. The molecule has 0 fully saturated rings. The molecule has 140 valence electrons. The van der Waals surface area contributed by atoms with Gasteiger partial charge in [0.05, 0.1) is 12.0 Å². The molecular formula is C21H22N2O3S. The molecule has 5 nitrogen and oxygen atoms in total. The van der Waals surface area contributed by atoms with Crippen molar-refractivity contribution in [3.8, 4) is 6.07 Å². The Hall–Kier alpha value is -2.65. The van der Waals surface area contributed by atoms with Gasteiger partial charge < -0.3 is 10.1 Å². The predicted molar refractivity (Wildman–Crippen MR) is 105 cm³/mol. The van der Waals surface area contributed by atoms with Crippen LogP contribution in [0, 0.1) is 11.3 Å². The molecule has 0 saturated heterocycles. The number of anilines is 1. The average Bonchev–Trinajstić information content (AvgIpc) is 3.03. The number of nitrogens with one attached hydrogen (secondary N) is 1. The van der Waals surface area contributed by atoms with Gasteiger partial charge in [0.2, 0.25) is 0 Å².